The number of ether oxygens (including phenoxy) is 3. The number of esters is 1. The fourth-order valence-corrected chi connectivity index (χ4v) is 2.62. The predicted molar refractivity (Wildman–Crippen MR) is 97.0 cm³/mol. The Kier molecular flexibility index (Phi) is 5.25. The maximum absolute atomic E-state index is 12.4. The molecule has 0 radical (unpaired) electrons. The van der Waals surface area contributed by atoms with Crippen molar-refractivity contribution in [3.63, 3.8) is 0 Å². The number of benzene rings is 2. The SMILES string of the molecule is COC(=O)c1cccc(NC(=O)CN(C(C)=O)c2ccc3c(c2)OCO3)c1. The Morgan fingerprint density at radius 2 is 1.89 bits per heavy atom. The Morgan fingerprint density at radius 3 is 2.63 bits per heavy atom. The van der Waals surface area contributed by atoms with E-state index in [-0.39, 0.29) is 19.2 Å². The van der Waals surface area contributed by atoms with Gasteiger partial charge in [0.2, 0.25) is 18.6 Å². The Hall–Kier alpha value is -3.55. The number of nitrogens with zero attached hydrogens (tertiary/aromatic N) is 1. The zero-order valence-corrected chi connectivity index (χ0v) is 14.9. The molecule has 0 spiro atoms. The van der Waals surface area contributed by atoms with Crippen molar-refractivity contribution in [1.82, 2.24) is 0 Å². The van der Waals surface area contributed by atoms with E-state index >= 15 is 0 Å². The molecular weight excluding hydrogens is 352 g/mol. The van der Waals surface area contributed by atoms with Crippen LogP contribution in [-0.2, 0) is 14.3 Å². The molecule has 0 atom stereocenters. The van der Waals surface area contributed by atoms with Crippen LogP contribution >= 0.6 is 0 Å². The normalized spacial score (nSPS) is 11.6. The van der Waals surface area contributed by atoms with Gasteiger partial charge in [0.05, 0.1) is 12.7 Å². The first-order chi connectivity index (χ1) is 13.0. The number of carbonyl (C=O) groups is 3. The number of hydrogen-bond donors (Lipinski definition) is 1. The first kappa shape index (κ1) is 18.2. The number of fused-ring (bicyclic) bond motifs is 1. The van der Waals surface area contributed by atoms with Crippen molar-refractivity contribution in [2.75, 3.05) is 30.7 Å². The van der Waals surface area contributed by atoms with Crippen molar-refractivity contribution < 1.29 is 28.6 Å². The highest BCUT2D eigenvalue weighted by molar-refractivity contribution is 6.02. The first-order valence-corrected chi connectivity index (χ1v) is 8.14. The molecule has 3 rings (SSSR count). The summed E-state index contributed by atoms with van der Waals surface area (Å²) in [5.41, 5.74) is 1.26. The average molecular weight is 370 g/mol. The highest BCUT2D eigenvalue weighted by Crippen LogP contribution is 2.35. The Balaban J connectivity index is 1.73. The van der Waals surface area contributed by atoms with Crippen molar-refractivity contribution in [3.05, 3.63) is 48.0 Å². The molecule has 0 saturated carbocycles. The lowest BCUT2D eigenvalue weighted by atomic mass is 10.2. The van der Waals surface area contributed by atoms with Crippen LogP contribution in [0.25, 0.3) is 0 Å². The van der Waals surface area contributed by atoms with E-state index in [1.54, 1.807) is 36.4 Å². The van der Waals surface area contributed by atoms with Gasteiger partial charge >= 0.3 is 5.97 Å². The van der Waals surface area contributed by atoms with Gasteiger partial charge in [0.1, 0.15) is 6.54 Å². The van der Waals surface area contributed by atoms with Gasteiger partial charge in [-0.2, -0.15) is 0 Å². The van der Waals surface area contributed by atoms with Crippen molar-refractivity contribution in [1.29, 1.82) is 0 Å². The molecule has 8 nitrogen and oxygen atoms in total. The van der Waals surface area contributed by atoms with Crippen molar-refractivity contribution >= 4 is 29.2 Å². The summed E-state index contributed by atoms with van der Waals surface area (Å²) in [6.07, 6.45) is 0. The molecule has 2 aromatic carbocycles. The fraction of sp³-hybridized carbons (Fsp3) is 0.211. The monoisotopic (exact) mass is 370 g/mol. The number of methoxy groups -OCH3 is 1. The van der Waals surface area contributed by atoms with E-state index in [0.717, 1.165) is 0 Å². The molecule has 0 saturated heterocycles. The van der Waals surface area contributed by atoms with E-state index in [4.69, 9.17) is 9.47 Å². The van der Waals surface area contributed by atoms with Gasteiger partial charge in [0, 0.05) is 24.4 Å². The lowest BCUT2D eigenvalue weighted by molar-refractivity contribution is -0.120. The molecule has 27 heavy (non-hydrogen) atoms. The maximum Gasteiger partial charge on any atom is 0.337 e. The van der Waals surface area contributed by atoms with Crippen LogP contribution in [0.2, 0.25) is 0 Å². The van der Waals surface area contributed by atoms with Gasteiger partial charge < -0.3 is 24.4 Å². The molecule has 140 valence electrons. The van der Waals surface area contributed by atoms with Crippen LogP contribution in [0.5, 0.6) is 11.5 Å². The largest absolute Gasteiger partial charge is 0.465 e. The molecule has 1 aliphatic rings. The zero-order valence-electron chi connectivity index (χ0n) is 14.9. The molecule has 0 bridgehead atoms. The standard InChI is InChI=1S/C19H18N2O6/c1-12(22)21(15-6-7-16-17(9-15)27-11-26-16)10-18(23)20-14-5-3-4-13(8-14)19(24)25-2/h3-9H,10-11H2,1-2H3,(H,20,23). The third-order valence-electron chi connectivity index (χ3n) is 3.92. The van der Waals surface area contributed by atoms with E-state index < -0.39 is 11.9 Å². The zero-order chi connectivity index (χ0) is 19.4. The highest BCUT2D eigenvalue weighted by atomic mass is 16.7. The number of carbonyl (C=O) groups excluding carboxylic acids is 3. The van der Waals surface area contributed by atoms with Crippen molar-refractivity contribution in [3.8, 4) is 11.5 Å². The van der Waals surface area contributed by atoms with Crippen LogP contribution in [0.15, 0.2) is 42.5 Å². The number of hydrogen-bond acceptors (Lipinski definition) is 6. The average Bonchev–Trinajstić information content (AvgIpc) is 3.13. The number of rotatable bonds is 5. The molecule has 0 aliphatic carbocycles. The summed E-state index contributed by atoms with van der Waals surface area (Å²) < 4.78 is 15.2. The van der Waals surface area contributed by atoms with Gasteiger partial charge in [-0.3, -0.25) is 9.59 Å². The summed E-state index contributed by atoms with van der Waals surface area (Å²) in [6.45, 7) is 1.29. The van der Waals surface area contributed by atoms with Gasteiger partial charge in [-0.25, -0.2) is 4.79 Å². The molecule has 8 heteroatoms. The lowest BCUT2D eigenvalue weighted by Gasteiger charge is -2.21. The molecule has 0 aromatic heterocycles. The molecule has 2 aromatic rings. The summed E-state index contributed by atoms with van der Waals surface area (Å²) >= 11 is 0. The fourth-order valence-electron chi connectivity index (χ4n) is 2.62. The van der Waals surface area contributed by atoms with Crippen LogP contribution in [0.3, 0.4) is 0 Å². The second kappa shape index (κ2) is 7.77. The van der Waals surface area contributed by atoms with Crippen LogP contribution in [-0.4, -0.2) is 38.2 Å². The predicted octanol–water partition coefficient (Wildman–Crippen LogP) is 2.19. The molecule has 2 amide bonds. The minimum atomic E-state index is -0.503. The van der Waals surface area contributed by atoms with E-state index in [9.17, 15) is 14.4 Å². The minimum absolute atomic E-state index is 0.121. The highest BCUT2D eigenvalue weighted by Gasteiger charge is 2.20. The van der Waals surface area contributed by atoms with Crippen molar-refractivity contribution in [2.45, 2.75) is 6.92 Å². The smallest absolute Gasteiger partial charge is 0.337 e. The van der Waals surface area contributed by atoms with Crippen LogP contribution < -0.4 is 19.7 Å². The summed E-state index contributed by atoms with van der Waals surface area (Å²) in [5.74, 6) is -0.106. The Labute approximate surface area is 155 Å². The van der Waals surface area contributed by atoms with Gasteiger partial charge in [-0.1, -0.05) is 6.07 Å². The first-order valence-electron chi connectivity index (χ1n) is 8.14. The second-order valence-corrected chi connectivity index (χ2v) is 5.76. The number of amides is 2. The summed E-state index contributed by atoms with van der Waals surface area (Å²) in [7, 11) is 1.28. The molecule has 0 unspecified atom stereocenters. The van der Waals surface area contributed by atoms with Crippen LogP contribution in [0.1, 0.15) is 17.3 Å². The van der Waals surface area contributed by atoms with E-state index in [2.05, 4.69) is 10.1 Å². The molecule has 1 N–H and O–H groups in total. The topological polar surface area (TPSA) is 94.2 Å². The van der Waals surface area contributed by atoms with Crippen LogP contribution in [0, 0.1) is 0 Å². The maximum atomic E-state index is 12.4. The summed E-state index contributed by atoms with van der Waals surface area (Å²) in [6, 6.07) is 11.4. The summed E-state index contributed by atoms with van der Waals surface area (Å²) in [5, 5.41) is 2.67. The molecule has 0 fully saturated rings. The second-order valence-electron chi connectivity index (χ2n) is 5.76. The third-order valence-corrected chi connectivity index (χ3v) is 3.92. The molecule has 1 heterocycles. The van der Waals surface area contributed by atoms with Gasteiger partial charge in [-0.15, -0.1) is 0 Å². The molecule has 1 aliphatic heterocycles. The third kappa shape index (κ3) is 4.17. The number of nitrogens with one attached hydrogen (secondary N) is 1. The lowest BCUT2D eigenvalue weighted by Crippen LogP contribution is -2.36. The van der Waals surface area contributed by atoms with Crippen LogP contribution in [0.4, 0.5) is 11.4 Å². The van der Waals surface area contributed by atoms with Gasteiger partial charge in [0.25, 0.3) is 0 Å². The Bertz CT molecular complexity index is 896. The Morgan fingerprint density at radius 1 is 1.11 bits per heavy atom. The van der Waals surface area contributed by atoms with E-state index in [1.807, 2.05) is 0 Å². The van der Waals surface area contributed by atoms with Gasteiger partial charge in [-0.05, 0) is 30.3 Å². The summed E-state index contributed by atoms with van der Waals surface area (Å²) in [4.78, 5) is 37.3. The van der Waals surface area contributed by atoms with E-state index in [1.165, 1.54) is 25.0 Å². The quantitative estimate of drug-likeness (QED) is 0.811. The van der Waals surface area contributed by atoms with E-state index in [0.29, 0.717) is 28.4 Å². The van der Waals surface area contributed by atoms with Gasteiger partial charge in [0.15, 0.2) is 11.5 Å². The molecular formula is C19H18N2O6. The minimum Gasteiger partial charge on any atom is -0.465 e. The number of anilines is 2. The van der Waals surface area contributed by atoms with Crippen molar-refractivity contribution in [2.24, 2.45) is 0 Å².